The number of fused-ring (bicyclic) bond motifs is 1. The quantitative estimate of drug-likeness (QED) is 0.768. The van der Waals surface area contributed by atoms with E-state index in [0.717, 1.165) is 12.5 Å². The van der Waals surface area contributed by atoms with Crippen molar-refractivity contribution in [3.05, 3.63) is 35.4 Å². The fourth-order valence-corrected chi connectivity index (χ4v) is 3.29. The highest BCUT2D eigenvalue weighted by atomic mass is 16.6. The predicted molar refractivity (Wildman–Crippen MR) is 101 cm³/mol. The molecule has 8 heteroatoms. The zero-order valence-corrected chi connectivity index (χ0v) is 15.9. The number of rotatable bonds is 4. The number of amides is 2. The molecule has 1 aromatic carbocycles. The van der Waals surface area contributed by atoms with E-state index in [0.29, 0.717) is 36.3 Å². The van der Waals surface area contributed by atoms with Gasteiger partial charge < -0.3 is 24.8 Å². The van der Waals surface area contributed by atoms with Crippen LogP contribution in [0, 0.1) is 0 Å². The number of benzene rings is 1. The molecular formula is C20H24N2O6. The lowest BCUT2D eigenvalue weighted by Crippen LogP contribution is -2.65. The molecular weight excluding hydrogens is 364 g/mol. The SMILES string of the molecule is CCC(C)OC(=O)N1CCCC2(C1)NC(=O)c1cc(/C=C/C(=O)O)ccc1O2. The van der Waals surface area contributed by atoms with Gasteiger partial charge in [-0.15, -0.1) is 0 Å². The molecule has 2 amide bonds. The van der Waals surface area contributed by atoms with Gasteiger partial charge in [-0.25, -0.2) is 9.59 Å². The molecule has 2 N–H and O–H groups in total. The number of carboxylic acid groups (broad SMARTS) is 1. The van der Waals surface area contributed by atoms with Crippen molar-refractivity contribution in [1.82, 2.24) is 10.2 Å². The van der Waals surface area contributed by atoms with Gasteiger partial charge in [-0.1, -0.05) is 13.0 Å². The van der Waals surface area contributed by atoms with E-state index in [9.17, 15) is 14.4 Å². The summed E-state index contributed by atoms with van der Waals surface area (Å²) in [6, 6.07) is 4.91. The minimum atomic E-state index is -1.07. The van der Waals surface area contributed by atoms with Crippen LogP contribution in [0.2, 0.25) is 0 Å². The molecule has 0 radical (unpaired) electrons. The van der Waals surface area contributed by atoms with E-state index in [1.54, 1.807) is 23.1 Å². The molecule has 0 aromatic heterocycles. The van der Waals surface area contributed by atoms with Gasteiger partial charge in [0.1, 0.15) is 11.9 Å². The molecule has 2 aliphatic heterocycles. The summed E-state index contributed by atoms with van der Waals surface area (Å²) >= 11 is 0. The molecule has 2 atom stereocenters. The van der Waals surface area contributed by atoms with Crippen molar-refractivity contribution in [2.24, 2.45) is 0 Å². The summed E-state index contributed by atoms with van der Waals surface area (Å²) < 4.78 is 11.5. The Morgan fingerprint density at radius 3 is 2.96 bits per heavy atom. The summed E-state index contributed by atoms with van der Waals surface area (Å²) in [5.41, 5.74) is -0.0781. The van der Waals surface area contributed by atoms with Gasteiger partial charge in [-0.05, 0) is 43.5 Å². The summed E-state index contributed by atoms with van der Waals surface area (Å²) in [6.07, 6.45) is 3.80. The van der Waals surface area contributed by atoms with E-state index < -0.39 is 17.8 Å². The minimum Gasteiger partial charge on any atom is -0.478 e. The standard InChI is InChI=1S/C20H24N2O6/c1-3-13(2)27-19(26)22-10-4-9-20(12-22)21-18(25)15-11-14(6-8-17(23)24)5-7-16(15)28-20/h5-8,11,13H,3-4,9-10,12H2,1-2H3,(H,21,25)(H,23,24)/b8-6+. The maximum atomic E-state index is 12.7. The molecule has 1 saturated heterocycles. The third-order valence-corrected chi connectivity index (χ3v) is 4.90. The lowest BCUT2D eigenvalue weighted by molar-refractivity contribution is -0.131. The highest BCUT2D eigenvalue weighted by Crippen LogP contribution is 2.33. The van der Waals surface area contributed by atoms with Crippen molar-refractivity contribution in [2.75, 3.05) is 13.1 Å². The van der Waals surface area contributed by atoms with Gasteiger partial charge in [0.15, 0.2) is 0 Å². The highest BCUT2D eigenvalue weighted by Gasteiger charge is 2.44. The third-order valence-electron chi connectivity index (χ3n) is 4.90. The minimum absolute atomic E-state index is 0.176. The zero-order valence-electron chi connectivity index (χ0n) is 15.9. The van der Waals surface area contributed by atoms with Gasteiger partial charge in [0.05, 0.1) is 12.1 Å². The average molecular weight is 388 g/mol. The van der Waals surface area contributed by atoms with Crippen LogP contribution in [0.3, 0.4) is 0 Å². The Morgan fingerprint density at radius 1 is 1.46 bits per heavy atom. The number of likely N-dealkylation sites (tertiary alicyclic amines) is 1. The van der Waals surface area contributed by atoms with E-state index in [-0.39, 0.29) is 18.6 Å². The summed E-state index contributed by atoms with van der Waals surface area (Å²) in [7, 11) is 0. The first-order valence-corrected chi connectivity index (χ1v) is 9.34. The van der Waals surface area contributed by atoms with E-state index in [1.165, 1.54) is 6.08 Å². The van der Waals surface area contributed by atoms with Crippen LogP contribution in [0.4, 0.5) is 4.79 Å². The monoisotopic (exact) mass is 388 g/mol. The van der Waals surface area contributed by atoms with Crippen molar-refractivity contribution in [1.29, 1.82) is 0 Å². The lowest BCUT2D eigenvalue weighted by atomic mass is 9.97. The van der Waals surface area contributed by atoms with E-state index in [1.807, 2.05) is 13.8 Å². The van der Waals surface area contributed by atoms with Gasteiger partial charge in [0.25, 0.3) is 5.91 Å². The Kier molecular flexibility index (Phi) is 5.58. The van der Waals surface area contributed by atoms with Crippen LogP contribution in [0.5, 0.6) is 5.75 Å². The topological polar surface area (TPSA) is 105 Å². The number of carbonyl (C=O) groups excluding carboxylic acids is 2. The molecule has 150 valence electrons. The van der Waals surface area contributed by atoms with Crippen LogP contribution in [-0.2, 0) is 9.53 Å². The summed E-state index contributed by atoms with van der Waals surface area (Å²) in [5.74, 6) is -0.971. The number of ether oxygens (including phenoxy) is 2. The maximum Gasteiger partial charge on any atom is 0.410 e. The number of carboxylic acids is 1. The van der Waals surface area contributed by atoms with Crippen molar-refractivity contribution >= 4 is 24.0 Å². The molecule has 2 unspecified atom stereocenters. The van der Waals surface area contributed by atoms with Crippen molar-refractivity contribution in [3.8, 4) is 5.75 Å². The first kappa shape index (κ1) is 19.7. The molecule has 1 spiro atoms. The third kappa shape index (κ3) is 4.27. The molecule has 0 bridgehead atoms. The predicted octanol–water partition coefficient (Wildman–Crippen LogP) is 2.63. The number of nitrogens with one attached hydrogen (secondary N) is 1. The average Bonchev–Trinajstić information content (AvgIpc) is 2.66. The second-order valence-electron chi connectivity index (χ2n) is 7.11. The zero-order chi connectivity index (χ0) is 20.3. The highest BCUT2D eigenvalue weighted by molar-refractivity contribution is 5.99. The Bertz CT molecular complexity index is 821. The number of aliphatic carboxylic acids is 1. The Hall–Kier alpha value is -3.03. The molecule has 3 rings (SSSR count). The van der Waals surface area contributed by atoms with Crippen LogP contribution < -0.4 is 10.1 Å². The van der Waals surface area contributed by atoms with Gasteiger partial charge in [0, 0.05) is 19.0 Å². The summed E-state index contributed by atoms with van der Waals surface area (Å²) in [4.78, 5) is 37.3. The van der Waals surface area contributed by atoms with Crippen molar-refractivity contribution < 1.29 is 29.0 Å². The number of piperidine rings is 1. The normalized spacial score (nSPS) is 22.4. The van der Waals surface area contributed by atoms with E-state index in [4.69, 9.17) is 14.6 Å². The smallest absolute Gasteiger partial charge is 0.410 e. The van der Waals surface area contributed by atoms with Gasteiger partial charge in [-0.3, -0.25) is 4.79 Å². The first-order chi connectivity index (χ1) is 13.3. The number of nitrogens with zero attached hydrogens (tertiary/aromatic N) is 1. The molecule has 2 heterocycles. The molecule has 1 aromatic rings. The fraction of sp³-hybridized carbons (Fsp3) is 0.450. The number of hydrogen-bond donors (Lipinski definition) is 2. The Balaban J connectivity index is 1.77. The van der Waals surface area contributed by atoms with Crippen LogP contribution in [0.25, 0.3) is 6.08 Å². The lowest BCUT2D eigenvalue weighted by Gasteiger charge is -2.45. The fourth-order valence-electron chi connectivity index (χ4n) is 3.29. The summed E-state index contributed by atoms with van der Waals surface area (Å²) in [6.45, 7) is 4.52. The largest absolute Gasteiger partial charge is 0.478 e. The molecule has 2 aliphatic rings. The second kappa shape index (κ2) is 7.92. The first-order valence-electron chi connectivity index (χ1n) is 9.34. The van der Waals surface area contributed by atoms with E-state index in [2.05, 4.69) is 5.32 Å². The Labute approximate surface area is 163 Å². The van der Waals surface area contributed by atoms with Crippen molar-refractivity contribution in [3.63, 3.8) is 0 Å². The molecule has 0 aliphatic carbocycles. The van der Waals surface area contributed by atoms with Crippen LogP contribution >= 0.6 is 0 Å². The molecule has 0 saturated carbocycles. The molecule has 1 fully saturated rings. The van der Waals surface area contributed by atoms with Gasteiger partial charge in [-0.2, -0.15) is 0 Å². The molecule has 8 nitrogen and oxygen atoms in total. The number of carbonyl (C=O) groups is 3. The van der Waals surface area contributed by atoms with Gasteiger partial charge >= 0.3 is 12.1 Å². The second-order valence-corrected chi connectivity index (χ2v) is 7.11. The van der Waals surface area contributed by atoms with Crippen LogP contribution in [0.1, 0.15) is 49.0 Å². The summed E-state index contributed by atoms with van der Waals surface area (Å²) in [5, 5.41) is 11.6. The van der Waals surface area contributed by atoms with Crippen LogP contribution in [-0.4, -0.2) is 52.9 Å². The van der Waals surface area contributed by atoms with Gasteiger partial charge in [0.2, 0.25) is 5.72 Å². The van der Waals surface area contributed by atoms with Crippen molar-refractivity contribution in [2.45, 2.75) is 44.9 Å². The molecule has 28 heavy (non-hydrogen) atoms. The van der Waals surface area contributed by atoms with Crippen LogP contribution in [0.15, 0.2) is 24.3 Å². The van der Waals surface area contributed by atoms with E-state index >= 15 is 0 Å². The number of hydrogen-bond acceptors (Lipinski definition) is 5. The maximum absolute atomic E-state index is 12.7. The Morgan fingerprint density at radius 2 is 2.25 bits per heavy atom.